The van der Waals surface area contributed by atoms with E-state index in [0.29, 0.717) is 76.8 Å². The van der Waals surface area contributed by atoms with Crippen molar-refractivity contribution in [2.75, 3.05) is 37.4 Å². The lowest BCUT2D eigenvalue weighted by Gasteiger charge is -2.15. The van der Waals surface area contributed by atoms with Crippen LogP contribution in [-0.4, -0.2) is 89.1 Å². The van der Waals surface area contributed by atoms with Crippen LogP contribution in [0.25, 0.3) is 22.1 Å². The molecule has 0 radical (unpaired) electrons. The van der Waals surface area contributed by atoms with E-state index in [-0.39, 0.29) is 41.9 Å². The van der Waals surface area contributed by atoms with Crippen molar-refractivity contribution in [2.45, 2.75) is 67.1 Å². The molecule has 0 saturated carbocycles. The number of aromatic nitrogens is 7. The van der Waals surface area contributed by atoms with Crippen LogP contribution < -0.4 is 26.8 Å². The van der Waals surface area contributed by atoms with Gasteiger partial charge in [0.25, 0.3) is 11.8 Å². The van der Waals surface area contributed by atoms with Crippen LogP contribution in [0.5, 0.6) is 5.75 Å². The molecular formula is C40H48N12O6. The Morgan fingerprint density at radius 2 is 1.53 bits per heavy atom. The number of nitrogens with zero attached hydrogens (tertiary/aromatic N) is 8. The number of hydrogen-bond donors (Lipinski definition) is 4. The quantitative estimate of drug-likeness (QED) is 0.0701. The average molecular weight is 793 g/mol. The minimum absolute atomic E-state index is 0.0710. The van der Waals surface area contributed by atoms with Gasteiger partial charge in [-0.05, 0) is 76.7 Å². The average Bonchev–Trinajstić information content (AvgIpc) is 3.96. The van der Waals surface area contributed by atoms with Gasteiger partial charge in [-0.3, -0.25) is 34.5 Å². The fraction of sp³-hybridized carbons (Fsp3) is 0.350. The number of imidazole rings is 2. The number of aryl methyl sites for hydroxylation is 4. The van der Waals surface area contributed by atoms with E-state index in [1.165, 1.54) is 0 Å². The summed E-state index contributed by atoms with van der Waals surface area (Å²) in [5.74, 6) is -1.01. The van der Waals surface area contributed by atoms with Crippen molar-refractivity contribution in [3.05, 3.63) is 88.4 Å². The molecule has 0 saturated heterocycles. The molecule has 2 aromatic carbocycles. The van der Waals surface area contributed by atoms with Crippen molar-refractivity contribution in [3.8, 4) is 5.75 Å². The summed E-state index contributed by atoms with van der Waals surface area (Å²) in [6.45, 7) is 12.3. The second-order valence-corrected chi connectivity index (χ2v) is 13.7. The van der Waals surface area contributed by atoms with Gasteiger partial charge >= 0.3 is 0 Å². The smallest absolute Gasteiger partial charge is 0.295 e. The number of nitrogens with two attached hydrogens (primary N) is 2. The third-order valence-electron chi connectivity index (χ3n) is 9.58. The van der Waals surface area contributed by atoms with Gasteiger partial charge in [0.15, 0.2) is 5.89 Å². The summed E-state index contributed by atoms with van der Waals surface area (Å²) in [6, 6.07) is 9.72. The highest BCUT2D eigenvalue weighted by Crippen LogP contribution is 2.32. The Kier molecular flexibility index (Phi) is 12.3. The van der Waals surface area contributed by atoms with E-state index in [1.54, 1.807) is 57.1 Å². The van der Waals surface area contributed by atoms with Crippen LogP contribution in [0.15, 0.2) is 53.0 Å². The molecule has 0 aliphatic carbocycles. The Labute approximate surface area is 334 Å². The van der Waals surface area contributed by atoms with E-state index >= 15 is 0 Å². The van der Waals surface area contributed by atoms with Gasteiger partial charge in [0.1, 0.15) is 17.0 Å². The Morgan fingerprint density at radius 3 is 2.22 bits per heavy atom. The number of carbonyl (C=O) groups is 4. The van der Waals surface area contributed by atoms with E-state index in [9.17, 15) is 19.2 Å². The first-order valence-corrected chi connectivity index (χ1v) is 19.1. The van der Waals surface area contributed by atoms with Crippen LogP contribution in [0.1, 0.15) is 86.2 Å². The van der Waals surface area contributed by atoms with Gasteiger partial charge in [-0.15, -0.1) is 0 Å². The number of allylic oxidation sites excluding steroid dienone is 2. The lowest BCUT2D eigenvalue weighted by Crippen LogP contribution is -2.20. The molecule has 4 heterocycles. The molecule has 18 nitrogen and oxygen atoms in total. The first-order chi connectivity index (χ1) is 27.8. The summed E-state index contributed by atoms with van der Waals surface area (Å²) in [6.07, 6.45) is 4.92. The monoisotopic (exact) mass is 792 g/mol. The van der Waals surface area contributed by atoms with Crippen molar-refractivity contribution in [2.24, 2.45) is 11.5 Å². The topological polar surface area (TPSA) is 236 Å². The number of carbonyl (C=O) groups excluding carboxylic acids is 4. The summed E-state index contributed by atoms with van der Waals surface area (Å²) in [5, 5.41) is 10.2. The zero-order chi connectivity index (χ0) is 41.7. The normalized spacial score (nSPS) is 11.6. The van der Waals surface area contributed by atoms with Crippen molar-refractivity contribution < 1.29 is 28.3 Å². The van der Waals surface area contributed by atoms with Gasteiger partial charge in [-0.2, -0.15) is 5.10 Å². The van der Waals surface area contributed by atoms with Crippen LogP contribution >= 0.6 is 0 Å². The van der Waals surface area contributed by atoms with Gasteiger partial charge in [-0.25, -0.2) is 15.0 Å². The molecular weight excluding hydrogens is 745 g/mol. The van der Waals surface area contributed by atoms with Crippen LogP contribution in [-0.2, 0) is 26.1 Å². The maximum absolute atomic E-state index is 13.6. The second-order valence-electron chi connectivity index (χ2n) is 13.7. The number of primary amides is 2. The van der Waals surface area contributed by atoms with Crippen molar-refractivity contribution in [1.82, 2.24) is 38.8 Å². The van der Waals surface area contributed by atoms with Crippen molar-refractivity contribution in [1.29, 1.82) is 0 Å². The Balaban J connectivity index is 1.37. The van der Waals surface area contributed by atoms with Gasteiger partial charge < -0.3 is 34.7 Å². The number of anilines is 2. The van der Waals surface area contributed by atoms with Gasteiger partial charge in [0.2, 0.25) is 29.5 Å². The maximum Gasteiger partial charge on any atom is 0.295 e. The van der Waals surface area contributed by atoms with Crippen molar-refractivity contribution >= 4 is 57.6 Å². The van der Waals surface area contributed by atoms with Crippen LogP contribution in [0.4, 0.5) is 11.9 Å². The predicted molar refractivity (Wildman–Crippen MR) is 218 cm³/mol. The molecule has 0 fully saturated rings. The standard InChI is InChI=1S/C40H48N12O6/c1-7-27-34(58-24(5)43-27)38(56)47-40-45-29-21-26(36(42)54)22-32(57-18-12-15-49(6)8-2)33(29)51(40)17-11-10-16-50-30-14-13-25(35(41)53)20-28(30)44-39(50)46-37(55)31-19-23(4)48-52(31)9-3/h10-11,13-14,19-22H,7-9,12,15-18H2,1-6H3,(H2,41,53)(H2,42,54)(H,44,46,55)(H,45,47,56)/b11-10+. The first-order valence-electron chi connectivity index (χ1n) is 19.1. The molecule has 4 amide bonds. The van der Waals surface area contributed by atoms with E-state index in [0.717, 1.165) is 13.1 Å². The third kappa shape index (κ3) is 8.76. The van der Waals surface area contributed by atoms with Crippen LogP contribution in [0, 0.1) is 13.8 Å². The molecule has 18 heteroatoms. The Morgan fingerprint density at radius 1 is 0.862 bits per heavy atom. The number of fused-ring (bicyclic) bond motifs is 2. The number of benzene rings is 2. The van der Waals surface area contributed by atoms with Crippen molar-refractivity contribution in [3.63, 3.8) is 0 Å². The minimum Gasteiger partial charge on any atom is -0.491 e. The second kappa shape index (κ2) is 17.5. The zero-order valence-corrected chi connectivity index (χ0v) is 33.5. The molecule has 0 aliphatic heterocycles. The lowest BCUT2D eigenvalue weighted by atomic mass is 10.1. The largest absolute Gasteiger partial charge is 0.491 e. The lowest BCUT2D eigenvalue weighted by molar-refractivity contribution is 0.0987. The molecule has 0 bridgehead atoms. The van der Waals surface area contributed by atoms with Crippen LogP contribution in [0.2, 0.25) is 0 Å². The molecule has 0 atom stereocenters. The van der Waals surface area contributed by atoms with Crippen LogP contribution in [0.3, 0.4) is 0 Å². The van der Waals surface area contributed by atoms with Gasteiger partial charge in [0, 0.05) is 44.2 Å². The summed E-state index contributed by atoms with van der Waals surface area (Å²) >= 11 is 0. The fourth-order valence-corrected chi connectivity index (χ4v) is 6.53. The van der Waals surface area contributed by atoms with E-state index in [4.69, 9.17) is 25.6 Å². The molecule has 6 rings (SSSR count). The molecule has 6 aromatic rings. The molecule has 6 N–H and O–H groups in total. The van der Waals surface area contributed by atoms with Gasteiger partial charge in [0.05, 0.1) is 34.5 Å². The molecule has 0 unspecified atom stereocenters. The van der Waals surface area contributed by atoms with E-state index in [2.05, 4.69) is 37.5 Å². The molecule has 304 valence electrons. The highest BCUT2D eigenvalue weighted by atomic mass is 16.5. The molecule has 0 spiro atoms. The van der Waals surface area contributed by atoms with E-state index in [1.807, 2.05) is 40.0 Å². The number of ether oxygens (including phenoxy) is 1. The first kappa shape index (κ1) is 40.8. The predicted octanol–water partition coefficient (Wildman–Crippen LogP) is 4.45. The number of amides is 4. The summed E-state index contributed by atoms with van der Waals surface area (Å²) < 4.78 is 17.1. The SMILES string of the molecule is CCc1nc(C)oc1C(=O)Nc1nc2cc(C(N)=O)cc(OCCCN(C)CC)c2n1C/C=C/Cn1c(NC(=O)c2cc(C)nn2CC)nc2cc(C(N)=O)ccc21. The fourth-order valence-electron chi connectivity index (χ4n) is 6.53. The molecule has 58 heavy (non-hydrogen) atoms. The number of hydrogen-bond acceptors (Lipinski definition) is 11. The highest BCUT2D eigenvalue weighted by Gasteiger charge is 2.24. The molecule has 4 aromatic heterocycles. The number of nitrogens with one attached hydrogen (secondary N) is 2. The summed E-state index contributed by atoms with van der Waals surface area (Å²) in [7, 11) is 2.02. The Bertz CT molecular complexity index is 2540. The molecule has 0 aliphatic rings. The van der Waals surface area contributed by atoms with Gasteiger partial charge in [-0.1, -0.05) is 26.0 Å². The zero-order valence-electron chi connectivity index (χ0n) is 33.5. The summed E-state index contributed by atoms with van der Waals surface area (Å²) in [5.41, 5.74) is 15.3. The number of rotatable bonds is 18. The minimum atomic E-state index is -0.657. The third-order valence-corrected chi connectivity index (χ3v) is 9.58. The number of oxazole rings is 1. The van der Waals surface area contributed by atoms with E-state index < -0.39 is 23.6 Å². The highest BCUT2D eigenvalue weighted by molar-refractivity contribution is 6.05. The maximum atomic E-state index is 13.6. The Hall–Kier alpha value is -6.82. The summed E-state index contributed by atoms with van der Waals surface area (Å²) in [4.78, 5) is 67.5.